The maximum atomic E-state index is 12.3. The number of esters is 2. The molecule has 0 bridgehead atoms. The summed E-state index contributed by atoms with van der Waals surface area (Å²) >= 11 is 0. The Kier molecular flexibility index (Phi) is 8.72. The molecule has 0 aromatic rings. The van der Waals surface area contributed by atoms with Gasteiger partial charge in [-0.25, -0.2) is 4.79 Å². The molecule has 0 fully saturated rings. The van der Waals surface area contributed by atoms with Gasteiger partial charge in [0, 0.05) is 6.42 Å². The molecule has 0 unspecified atom stereocenters. The molecule has 0 aliphatic heterocycles. The van der Waals surface area contributed by atoms with Crippen molar-refractivity contribution >= 4 is 23.8 Å². The quantitative estimate of drug-likeness (QED) is 0.512. The number of primary amides is 1. The van der Waals surface area contributed by atoms with Gasteiger partial charge in [0.2, 0.25) is 11.8 Å². The van der Waals surface area contributed by atoms with Crippen LogP contribution in [0.5, 0.6) is 0 Å². The van der Waals surface area contributed by atoms with Crippen LogP contribution in [0.1, 0.15) is 60.8 Å². The lowest BCUT2D eigenvalue weighted by Crippen LogP contribution is -2.51. The van der Waals surface area contributed by atoms with Crippen molar-refractivity contribution in [1.29, 1.82) is 0 Å². The summed E-state index contributed by atoms with van der Waals surface area (Å²) in [5.41, 5.74) is 9.15. The second-order valence-corrected chi connectivity index (χ2v) is 8.00. The number of ether oxygens (including phenoxy) is 2. The van der Waals surface area contributed by atoms with Gasteiger partial charge in [-0.05, 0) is 48.0 Å². The molecule has 5 N–H and O–H groups in total. The summed E-state index contributed by atoms with van der Waals surface area (Å²) in [5, 5.41) is 2.41. The van der Waals surface area contributed by atoms with Crippen LogP contribution in [-0.2, 0) is 28.7 Å². The van der Waals surface area contributed by atoms with Crippen LogP contribution in [0.2, 0.25) is 0 Å². The third kappa shape index (κ3) is 11.4. The maximum Gasteiger partial charge on any atom is 0.329 e. The summed E-state index contributed by atoms with van der Waals surface area (Å²) in [6.45, 7) is 10.2. The fraction of sp³-hybridized carbons (Fsp3) is 0.765. The number of nitrogens with one attached hydrogen (secondary N) is 1. The SMILES string of the molecule is CC(C)(C)OC(=O)CC[C@H](NC(=O)[C@@H](N)CC(N)=O)C(=O)OC(C)(C)C. The topological polar surface area (TPSA) is 151 Å². The van der Waals surface area contributed by atoms with Crippen LogP contribution in [0.3, 0.4) is 0 Å². The number of amides is 2. The molecule has 0 aromatic carbocycles. The molecule has 26 heavy (non-hydrogen) atoms. The normalized spacial score (nSPS) is 14.1. The van der Waals surface area contributed by atoms with Crippen LogP contribution in [0, 0.1) is 0 Å². The lowest BCUT2D eigenvalue weighted by atomic mass is 10.1. The van der Waals surface area contributed by atoms with Crippen molar-refractivity contribution in [3.05, 3.63) is 0 Å². The van der Waals surface area contributed by atoms with Crippen LogP contribution in [0.25, 0.3) is 0 Å². The molecule has 2 amide bonds. The Labute approximate surface area is 154 Å². The zero-order chi connectivity index (χ0) is 20.7. The number of nitrogens with two attached hydrogens (primary N) is 2. The molecule has 0 saturated carbocycles. The van der Waals surface area contributed by atoms with Gasteiger partial charge in [-0.3, -0.25) is 14.4 Å². The number of carbonyl (C=O) groups is 4. The van der Waals surface area contributed by atoms with Gasteiger partial charge in [0.05, 0.1) is 12.5 Å². The van der Waals surface area contributed by atoms with Crippen molar-refractivity contribution in [2.45, 2.75) is 84.1 Å². The summed E-state index contributed by atoms with van der Waals surface area (Å²) in [6, 6.07) is -2.30. The molecule has 0 aliphatic rings. The van der Waals surface area contributed by atoms with E-state index >= 15 is 0 Å². The standard InChI is InChI=1S/C17H31N3O6/c1-16(2,3)25-13(22)8-7-11(15(24)26-17(4,5)6)20-14(23)10(18)9-12(19)21/h10-11H,7-9,18H2,1-6H3,(H2,19,21)(H,20,23)/t10-,11-/m0/s1. The Morgan fingerprint density at radius 3 is 1.88 bits per heavy atom. The van der Waals surface area contributed by atoms with E-state index < -0.39 is 47.0 Å². The molecular formula is C17H31N3O6. The van der Waals surface area contributed by atoms with Gasteiger partial charge in [0.15, 0.2) is 0 Å². The molecule has 9 nitrogen and oxygen atoms in total. The van der Waals surface area contributed by atoms with E-state index in [1.807, 2.05) is 0 Å². The molecule has 0 saturated heterocycles. The highest BCUT2D eigenvalue weighted by molar-refractivity contribution is 5.91. The minimum absolute atomic E-state index is 0.0289. The van der Waals surface area contributed by atoms with Crippen molar-refractivity contribution in [2.75, 3.05) is 0 Å². The Balaban J connectivity index is 5.01. The summed E-state index contributed by atoms with van der Waals surface area (Å²) in [5.74, 6) is -2.69. The first-order valence-electron chi connectivity index (χ1n) is 8.39. The number of rotatable bonds is 8. The minimum atomic E-state index is -1.20. The van der Waals surface area contributed by atoms with Crippen molar-refractivity contribution in [3.63, 3.8) is 0 Å². The van der Waals surface area contributed by atoms with Crippen LogP contribution in [0.4, 0.5) is 0 Å². The Bertz CT molecular complexity index is 534. The van der Waals surface area contributed by atoms with Gasteiger partial charge in [-0.15, -0.1) is 0 Å². The summed E-state index contributed by atoms with van der Waals surface area (Å²) in [4.78, 5) is 47.1. The second kappa shape index (κ2) is 9.51. The lowest BCUT2D eigenvalue weighted by molar-refractivity contribution is -0.160. The molecule has 0 rings (SSSR count). The van der Waals surface area contributed by atoms with Crippen LogP contribution in [-0.4, -0.2) is 47.0 Å². The largest absolute Gasteiger partial charge is 0.460 e. The van der Waals surface area contributed by atoms with Crippen molar-refractivity contribution in [1.82, 2.24) is 5.32 Å². The van der Waals surface area contributed by atoms with E-state index in [9.17, 15) is 19.2 Å². The van der Waals surface area contributed by atoms with Crippen LogP contribution in [0.15, 0.2) is 0 Å². The van der Waals surface area contributed by atoms with Crippen LogP contribution >= 0.6 is 0 Å². The lowest BCUT2D eigenvalue weighted by Gasteiger charge is -2.25. The Hall–Kier alpha value is -2.16. The van der Waals surface area contributed by atoms with E-state index in [1.54, 1.807) is 41.5 Å². The van der Waals surface area contributed by atoms with E-state index in [2.05, 4.69) is 5.32 Å². The average molecular weight is 373 g/mol. The third-order valence-electron chi connectivity index (χ3n) is 2.82. The predicted octanol–water partition coefficient (Wildman–Crippen LogP) is 0.138. The van der Waals surface area contributed by atoms with E-state index in [-0.39, 0.29) is 19.3 Å². The van der Waals surface area contributed by atoms with E-state index in [1.165, 1.54) is 0 Å². The minimum Gasteiger partial charge on any atom is -0.460 e. The monoisotopic (exact) mass is 373 g/mol. The first kappa shape index (κ1) is 23.8. The molecule has 9 heteroatoms. The highest BCUT2D eigenvalue weighted by Gasteiger charge is 2.29. The van der Waals surface area contributed by atoms with Crippen molar-refractivity contribution in [2.24, 2.45) is 11.5 Å². The summed E-state index contributed by atoms with van der Waals surface area (Å²) in [6.07, 6.45) is -0.496. The van der Waals surface area contributed by atoms with E-state index in [0.29, 0.717) is 0 Å². The average Bonchev–Trinajstić information content (AvgIpc) is 2.38. The Morgan fingerprint density at radius 1 is 0.962 bits per heavy atom. The number of hydrogen-bond acceptors (Lipinski definition) is 7. The van der Waals surface area contributed by atoms with Gasteiger partial charge >= 0.3 is 11.9 Å². The van der Waals surface area contributed by atoms with Gasteiger partial charge < -0.3 is 26.3 Å². The maximum absolute atomic E-state index is 12.3. The number of hydrogen-bond donors (Lipinski definition) is 3. The van der Waals surface area contributed by atoms with Crippen LogP contribution < -0.4 is 16.8 Å². The van der Waals surface area contributed by atoms with Gasteiger partial charge in [-0.2, -0.15) is 0 Å². The fourth-order valence-electron chi connectivity index (χ4n) is 1.86. The van der Waals surface area contributed by atoms with Gasteiger partial charge in [-0.1, -0.05) is 0 Å². The molecule has 0 radical (unpaired) electrons. The molecule has 150 valence electrons. The number of carbonyl (C=O) groups excluding carboxylic acids is 4. The Morgan fingerprint density at radius 2 is 1.46 bits per heavy atom. The molecule has 0 spiro atoms. The zero-order valence-electron chi connectivity index (χ0n) is 16.4. The first-order valence-corrected chi connectivity index (χ1v) is 8.39. The highest BCUT2D eigenvalue weighted by atomic mass is 16.6. The molecular weight excluding hydrogens is 342 g/mol. The highest BCUT2D eigenvalue weighted by Crippen LogP contribution is 2.13. The predicted molar refractivity (Wildman–Crippen MR) is 94.6 cm³/mol. The second-order valence-electron chi connectivity index (χ2n) is 8.00. The smallest absolute Gasteiger partial charge is 0.329 e. The summed E-state index contributed by atoms with van der Waals surface area (Å²) in [7, 11) is 0. The van der Waals surface area contributed by atoms with Gasteiger partial charge in [0.25, 0.3) is 0 Å². The van der Waals surface area contributed by atoms with Crippen molar-refractivity contribution < 1.29 is 28.7 Å². The molecule has 2 atom stereocenters. The first-order chi connectivity index (χ1) is 11.6. The van der Waals surface area contributed by atoms with Gasteiger partial charge in [0.1, 0.15) is 17.2 Å². The molecule has 0 aromatic heterocycles. The third-order valence-corrected chi connectivity index (χ3v) is 2.82. The molecule has 0 aliphatic carbocycles. The molecule has 0 heterocycles. The summed E-state index contributed by atoms with van der Waals surface area (Å²) < 4.78 is 10.4. The van der Waals surface area contributed by atoms with E-state index in [4.69, 9.17) is 20.9 Å². The fourth-order valence-corrected chi connectivity index (χ4v) is 1.86. The van der Waals surface area contributed by atoms with E-state index in [0.717, 1.165) is 0 Å². The van der Waals surface area contributed by atoms with Crippen molar-refractivity contribution in [3.8, 4) is 0 Å². The zero-order valence-corrected chi connectivity index (χ0v) is 16.4.